The Balaban J connectivity index is 1.85. The molecule has 1 saturated heterocycles. The largest absolute Gasteiger partial charge is 0.496 e. The number of methoxy groups -OCH3 is 1. The molecule has 20 heavy (non-hydrogen) atoms. The Bertz CT molecular complexity index is 535. The van der Waals surface area contributed by atoms with Crippen LogP contribution in [0.1, 0.15) is 29.6 Å². The normalized spacial score (nSPS) is 24.8. The van der Waals surface area contributed by atoms with Gasteiger partial charge in [0.2, 0.25) is 0 Å². The number of halogens is 1. The summed E-state index contributed by atoms with van der Waals surface area (Å²) in [5, 5.41) is 0.397. The second-order valence-corrected chi connectivity index (χ2v) is 6.14. The summed E-state index contributed by atoms with van der Waals surface area (Å²) in [6.07, 6.45) is 3.79. The van der Waals surface area contributed by atoms with Crippen molar-refractivity contribution < 1.29 is 9.53 Å². The summed E-state index contributed by atoms with van der Waals surface area (Å²) < 4.78 is 5.27. The number of likely N-dealkylation sites (tertiary alicyclic amines) is 1. The van der Waals surface area contributed by atoms with Crippen molar-refractivity contribution >= 4 is 23.2 Å². The number of amides is 1. The van der Waals surface area contributed by atoms with Gasteiger partial charge in [-0.15, -0.1) is 0 Å². The van der Waals surface area contributed by atoms with Gasteiger partial charge in [0, 0.05) is 19.2 Å². The lowest BCUT2D eigenvalue weighted by Crippen LogP contribution is -2.29. The first-order valence-corrected chi connectivity index (χ1v) is 7.40. The first-order chi connectivity index (χ1) is 9.60. The topological polar surface area (TPSA) is 55.6 Å². The number of nitrogen functional groups attached to an aromatic ring is 1. The Morgan fingerprint density at radius 3 is 2.60 bits per heavy atom. The minimum atomic E-state index is -0.00171. The van der Waals surface area contributed by atoms with Gasteiger partial charge in [-0.05, 0) is 30.7 Å². The van der Waals surface area contributed by atoms with E-state index in [4.69, 9.17) is 22.1 Å². The fourth-order valence-electron chi connectivity index (χ4n) is 3.48. The van der Waals surface area contributed by atoms with Crippen LogP contribution >= 0.6 is 11.6 Å². The minimum absolute atomic E-state index is 0.00171. The van der Waals surface area contributed by atoms with Gasteiger partial charge in [0.05, 0.1) is 23.4 Å². The summed E-state index contributed by atoms with van der Waals surface area (Å²) >= 11 is 6.04. The van der Waals surface area contributed by atoms with E-state index in [1.54, 1.807) is 12.1 Å². The van der Waals surface area contributed by atoms with Crippen molar-refractivity contribution in [2.75, 3.05) is 25.9 Å². The molecule has 1 amide bonds. The molecule has 0 spiro atoms. The van der Waals surface area contributed by atoms with Gasteiger partial charge >= 0.3 is 0 Å². The number of ether oxygens (including phenoxy) is 1. The third-order valence-corrected chi connectivity index (χ3v) is 4.89. The molecule has 1 aromatic carbocycles. The molecule has 108 valence electrons. The molecule has 4 nitrogen and oxygen atoms in total. The van der Waals surface area contributed by atoms with Crippen LogP contribution in [-0.4, -0.2) is 31.0 Å². The number of hydrogen-bond donors (Lipinski definition) is 1. The van der Waals surface area contributed by atoms with Crippen molar-refractivity contribution in [3.05, 3.63) is 22.7 Å². The molecule has 1 aliphatic carbocycles. The van der Waals surface area contributed by atoms with E-state index in [2.05, 4.69) is 0 Å². The van der Waals surface area contributed by atoms with E-state index in [9.17, 15) is 4.79 Å². The van der Waals surface area contributed by atoms with Crippen LogP contribution < -0.4 is 10.5 Å². The van der Waals surface area contributed by atoms with Gasteiger partial charge in [-0.2, -0.15) is 0 Å². The highest BCUT2D eigenvalue weighted by Crippen LogP contribution is 2.39. The number of carbonyl (C=O) groups is 1. The monoisotopic (exact) mass is 294 g/mol. The van der Waals surface area contributed by atoms with Crippen LogP contribution in [0.5, 0.6) is 5.75 Å². The van der Waals surface area contributed by atoms with E-state index in [1.165, 1.54) is 26.4 Å². The van der Waals surface area contributed by atoms with Gasteiger partial charge in [0.1, 0.15) is 5.75 Å². The maximum Gasteiger partial charge on any atom is 0.257 e. The number of nitrogens with two attached hydrogens (primary N) is 1. The molecule has 0 bridgehead atoms. The number of hydrogen-bond acceptors (Lipinski definition) is 3. The molecule has 0 aromatic heterocycles. The maximum absolute atomic E-state index is 12.7. The highest BCUT2D eigenvalue weighted by Gasteiger charge is 2.38. The third-order valence-electron chi connectivity index (χ3n) is 4.56. The maximum atomic E-state index is 12.7. The predicted octanol–water partition coefficient (Wildman–Crippen LogP) is 2.80. The number of nitrogens with zero attached hydrogens (tertiary/aromatic N) is 1. The first kappa shape index (κ1) is 13.6. The average Bonchev–Trinajstić information content (AvgIpc) is 3.01. The van der Waals surface area contributed by atoms with Crippen LogP contribution in [0.25, 0.3) is 0 Å². The lowest BCUT2D eigenvalue weighted by Gasteiger charge is -2.19. The van der Waals surface area contributed by atoms with Crippen LogP contribution in [-0.2, 0) is 0 Å². The van der Waals surface area contributed by atoms with Crippen molar-refractivity contribution in [2.24, 2.45) is 11.8 Å². The van der Waals surface area contributed by atoms with Gasteiger partial charge in [-0.25, -0.2) is 0 Å². The van der Waals surface area contributed by atoms with Crippen molar-refractivity contribution in [2.45, 2.75) is 19.3 Å². The van der Waals surface area contributed by atoms with Crippen LogP contribution in [0.4, 0.5) is 5.69 Å². The van der Waals surface area contributed by atoms with Gasteiger partial charge in [-0.1, -0.05) is 18.0 Å². The Hall–Kier alpha value is -1.42. The fourth-order valence-corrected chi connectivity index (χ4v) is 3.64. The minimum Gasteiger partial charge on any atom is -0.496 e. The zero-order chi connectivity index (χ0) is 14.3. The molecule has 2 N–H and O–H groups in total. The van der Waals surface area contributed by atoms with Gasteiger partial charge in [0.25, 0.3) is 5.91 Å². The number of fused-ring (bicyclic) bond motifs is 1. The quantitative estimate of drug-likeness (QED) is 0.853. The van der Waals surface area contributed by atoms with Gasteiger partial charge < -0.3 is 15.4 Å². The molecule has 3 rings (SSSR count). The van der Waals surface area contributed by atoms with Crippen LogP contribution in [0.15, 0.2) is 12.1 Å². The Kier molecular flexibility index (Phi) is 3.50. The van der Waals surface area contributed by atoms with Crippen LogP contribution in [0.2, 0.25) is 5.02 Å². The first-order valence-electron chi connectivity index (χ1n) is 7.02. The molecular weight excluding hydrogens is 276 g/mol. The Morgan fingerprint density at radius 2 is 2.00 bits per heavy atom. The van der Waals surface area contributed by atoms with E-state index in [-0.39, 0.29) is 5.91 Å². The molecule has 2 aliphatic rings. The molecule has 1 aromatic rings. The molecule has 1 heterocycles. The second-order valence-electron chi connectivity index (χ2n) is 5.74. The molecule has 1 aliphatic heterocycles. The zero-order valence-electron chi connectivity index (χ0n) is 11.6. The molecule has 2 atom stereocenters. The van der Waals surface area contributed by atoms with E-state index in [0.717, 1.165) is 13.1 Å². The summed E-state index contributed by atoms with van der Waals surface area (Å²) in [6.45, 7) is 1.71. The SMILES string of the molecule is COc1cc(N)c(Cl)cc1C(=O)N1CC2CCCC2C1. The smallest absolute Gasteiger partial charge is 0.257 e. The summed E-state index contributed by atoms with van der Waals surface area (Å²) in [5.74, 6) is 1.84. The number of benzene rings is 1. The summed E-state index contributed by atoms with van der Waals surface area (Å²) in [6, 6.07) is 3.23. The highest BCUT2D eigenvalue weighted by atomic mass is 35.5. The highest BCUT2D eigenvalue weighted by molar-refractivity contribution is 6.33. The number of rotatable bonds is 2. The Morgan fingerprint density at radius 1 is 1.35 bits per heavy atom. The molecule has 5 heteroatoms. The van der Waals surface area contributed by atoms with Gasteiger partial charge in [-0.3, -0.25) is 4.79 Å². The molecule has 2 fully saturated rings. The van der Waals surface area contributed by atoms with Crippen molar-refractivity contribution in [1.29, 1.82) is 0 Å². The second kappa shape index (κ2) is 5.17. The standard InChI is InChI=1S/C15H19ClN2O2/c1-20-14-6-13(17)12(16)5-11(14)15(19)18-7-9-3-2-4-10(9)8-18/h5-6,9-10H,2-4,7-8,17H2,1H3. The molecule has 1 saturated carbocycles. The summed E-state index contributed by atoms with van der Waals surface area (Å²) in [4.78, 5) is 14.6. The van der Waals surface area contributed by atoms with Crippen molar-refractivity contribution in [3.63, 3.8) is 0 Å². The van der Waals surface area contributed by atoms with Crippen molar-refractivity contribution in [1.82, 2.24) is 4.90 Å². The Labute approximate surface area is 123 Å². The molecule has 2 unspecified atom stereocenters. The van der Waals surface area contributed by atoms with E-state index >= 15 is 0 Å². The fraction of sp³-hybridized carbons (Fsp3) is 0.533. The lowest BCUT2D eigenvalue weighted by atomic mass is 10.0. The number of anilines is 1. The summed E-state index contributed by atoms with van der Waals surface area (Å²) in [5.41, 5.74) is 6.69. The van der Waals surface area contributed by atoms with E-state index in [0.29, 0.717) is 33.9 Å². The van der Waals surface area contributed by atoms with Crippen molar-refractivity contribution in [3.8, 4) is 5.75 Å². The summed E-state index contributed by atoms with van der Waals surface area (Å²) in [7, 11) is 1.54. The van der Waals surface area contributed by atoms with Crippen LogP contribution in [0.3, 0.4) is 0 Å². The lowest BCUT2D eigenvalue weighted by molar-refractivity contribution is 0.0777. The predicted molar refractivity (Wildman–Crippen MR) is 79.2 cm³/mol. The zero-order valence-corrected chi connectivity index (χ0v) is 12.3. The van der Waals surface area contributed by atoms with E-state index < -0.39 is 0 Å². The molecular formula is C15H19ClN2O2. The third kappa shape index (κ3) is 2.22. The molecule has 0 radical (unpaired) electrons. The van der Waals surface area contributed by atoms with E-state index in [1.807, 2.05) is 4.90 Å². The van der Waals surface area contributed by atoms with Gasteiger partial charge in [0.15, 0.2) is 0 Å². The number of carbonyl (C=O) groups excluding carboxylic acids is 1. The van der Waals surface area contributed by atoms with Crippen LogP contribution in [0, 0.1) is 11.8 Å². The average molecular weight is 295 g/mol.